The van der Waals surface area contributed by atoms with Crippen molar-refractivity contribution in [2.45, 2.75) is 78.3 Å². The Morgan fingerprint density at radius 1 is 0.906 bits per heavy atom. The molecule has 0 spiro atoms. The first-order valence-electron chi connectivity index (χ1n) is 12.6. The van der Waals surface area contributed by atoms with Gasteiger partial charge >= 0.3 is 0 Å². The summed E-state index contributed by atoms with van der Waals surface area (Å²) in [5.74, 6) is 2.60. The lowest BCUT2D eigenvalue weighted by Crippen LogP contribution is -2.49. The summed E-state index contributed by atoms with van der Waals surface area (Å²) in [6.45, 7) is 11.8. The number of hydrogen-bond donors (Lipinski definition) is 0. The van der Waals surface area contributed by atoms with E-state index in [1.54, 1.807) is 12.1 Å². The molecule has 1 saturated carbocycles. The number of hydrogen-bond acceptors (Lipinski definition) is 5. The van der Waals surface area contributed by atoms with Crippen molar-refractivity contribution < 1.29 is 19.0 Å². The number of likely N-dealkylation sites (tertiary alicyclic amines) is 1. The minimum Gasteiger partial charge on any atom is -0.490 e. The smallest absolute Gasteiger partial charge is 0.254 e. The van der Waals surface area contributed by atoms with E-state index >= 15 is 0 Å². The molecule has 6 nitrogen and oxygen atoms in total. The number of piperidine rings is 1. The lowest BCUT2D eigenvalue weighted by atomic mass is 9.85. The van der Waals surface area contributed by atoms with Crippen LogP contribution in [0.1, 0.15) is 76.6 Å². The SMILES string of the molecule is CCOc1cc(C(=O)N(C)C2CCN(C3CCC(C)CC3)CC2)cc(OCC)c1OCC. The second-order valence-corrected chi connectivity index (χ2v) is 9.20. The summed E-state index contributed by atoms with van der Waals surface area (Å²) in [5, 5.41) is 0. The first kappa shape index (κ1) is 24.7. The molecule has 1 saturated heterocycles. The summed E-state index contributed by atoms with van der Waals surface area (Å²) in [6.07, 6.45) is 7.42. The largest absolute Gasteiger partial charge is 0.490 e. The van der Waals surface area contributed by atoms with Crippen molar-refractivity contribution in [1.82, 2.24) is 9.80 Å². The zero-order valence-electron chi connectivity index (χ0n) is 20.7. The highest BCUT2D eigenvalue weighted by atomic mass is 16.5. The van der Waals surface area contributed by atoms with Gasteiger partial charge < -0.3 is 24.0 Å². The minimum absolute atomic E-state index is 0.0138. The molecule has 0 radical (unpaired) electrons. The van der Waals surface area contributed by atoms with Crippen molar-refractivity contribution in [3.63, 3.8) is 0 Å². The van der Waals surface area contributed by atoms with E-state index in [0.29, 0.717) is 42.6 Å². The maximum atomic E-state index is 13.4. The molecule has 1 amide bonds. The van der Waals surface area contributed by atoms with E-state index in [-0.39, 0.29) is 11.9 Å². The molecule has 1 aliphatic carbocycles. The molecule has 3 rings (SSSR count). The molecule has 1 aliphatic heterocycles. The van der Waals surface area contributed by atoms with Gasteiger partial charge in [-0.05, 0) is 77.3 Å². The van der Waals surface area contributed by atoms with Gasteiger partial charge in [0.1, 0.15) is 0 Å². The van der Waals surface area contributed by atoms with Gasteiger partial charge in [0.05, 0.1) is 19.8 Å². The Balaban J connectivity index is 1.68. The van der Waals surface area contributed by atoms with Crippen LogP contribution in [-0.2, 0) is 0 Å². The maximum Gasteiger partial charge on any atom is 0.254 e. The quantitative estimate of drug-likeness (QED) is 0.534. The Morgan fingerprint density at radius 2 is 1.44 bits per heavy atom. The second-order valence-electron chi connectivity index (χ2n) is 9.20. The Morgan fingerprint density at radius 3 is 1.94 bits per heavy atom. The number of amides is 1. The summed E-state index contributed by atoms with van der Waals surface area (Å²) < 4.78 is 17.4. The molecule has 180 valence electrons. The van der Waals surface area contributed by atoms with Gasteiger partial charge in [-0.25, -0.2) is 0 Å². The van der Waals surface area contributed by atoms with E-state index in [2.05, 4.69) is 11.8 Å². The third-order valence-electron chi connectivity index (χ3n) is 7.02. The van der Waals surface area contributed by atoms with Crippen molar-refractivity contribution in [3.05, 3.63) is 17.7 Å². The maximum absolute atomic E-state index is 13.4. The lowest BCUT2D eigenvalue weighted by Gasteiger charge is -2.42. The fourth-order valence-electron chi connectivity index (χ4n) is 5.13. The van der Waals surface area contributed by atoms with Crippen LogP contribution < -0.4 is 14.2 Å². The highest BCUT2D eigenvalue weighted by molar-refractivity contribution is 5.95. The first-order chi connectivity index (χ1) is 15.5. The average Bonchev–Trinajstić information content (AvgIpc) is 2.81. The van der Waals surface area contributed by atoms with Crippen LogP contribution in [0.3, 0.4) is 0 Å². The van der Waals surface area contributed by atoms with Gasteiger partial charge in [0, 0.05) is 37.8 Å². The number of benzene rings is 1. The number of ether oxygens (including phenoxy) is 3. The predicted molar refractivity (Wildman–Crippen MR) is 128 cm³/mol. The number of rotatable bonds is 9. The van der Waals surface area contributed by atoms with Crippen LogP contribution in [0.2, 0.25) is 0 Å². The number of nitrogens with zero attached hydrogens (tertiary/aromatic N) is 2. The Hall–Kier alpha value is -1.95. The molecule has 0 N–H and O–H groups in total. The zero-order valence-corrected chi connectivity index (χ0v) is 20.7. The fourth-order valence-corrected chi connectivity index (χ4v) is 5.13. The van der Waals surface area contributed by atoms with E-state index in [1.807, 2.05) is 32.7 Å². The summed E-state index contributed by atoms with van der Waals surface area (Å²) in [4.78, 5) is 18.0. The van der Waals surface area contributed by atoms with Crippen LogP contribution in [0.5, 0.6) is 17.2 Å². The molecular formula is C26H42N2O4. The van der Waals surface area contributed by atoms with E-state index < -0.39 is 0 Å². The number of carbonyl (C=O) groups excluding carboxylic acids is 1. The zero-order chi connectivity index (χ0) is 23.1. The highest BCUT2D eigenvalue weighted by Gasteiger charge is 2.31. The first-order valence-corrected chi connectivity index (χ1v) is 12.6. The van der Waals surface area contributed by atoms with Crippen molar-refractivity contribution in [2.24, 2.45) is 5.92 Å². The lowest BCUT2D eigenvalue weighted by molar-refractivity contribution is 0.0539. The topological polar surface area (TPSA) is 51.2 Å². The van der Waals surface area contributed by atoms with E-state index in [0.717, 1.165) is 37.9 Å². The van der Waals surface area contributed by atoms with E-state index in [4.69, 9.17) is 14.2 Å². The molecule has 0 bridgehead atoms. The predicted octanol–water partition coefficient (Wildman–Crippen LogP) is 5.00. The van der Waals surface area contributed by atoms with Gasteiger partial charge in [-0.1, -0.05) is 6.92 Å². The third-order valence-corrected chi connectivity index (χ3v) is 7.02. The standard InChI is InChI=1S/C26H42N2O4/c1-6-30-23-17-20(18-24(31-7-2)25(23)32-8-3)26(29)27(5)21-13-15-28(16-14-21)22-11-9-19(4)10-12-22/h17-19,21-22H,6-16H2,1-5H3. The summed E-state index contributed by atoms with van der Waals surface area (Å²) in [5.41, 5.74) is 0.589. The summed E-state index contributed by atoms with van der Waals surface area (Å²) in [6, 6.07) is 4.60. The van der Waals surface area contributed by atoms with E-state index in [9.17, 15) is 4.79 Å². The Bertz CT molecular complexity index is 710. The molecule has 1 aromatic rings. The molecule has 2 fully saturated rings. The van der Waals surface area contributed by atoms with Crippen molar-refractivity contribution >= 4 is 5.91 Å². The van der Waals surface area contributed by atoms with Gasteiger partial charge in [0.25, 0.3) is 5.91 Å². The fraction of sp³-hybridized carbons (Fsp3) is 0.731. The van der Waals surface area contributed by atoms with Gasteiger partial charge in [-0.2, -0.15) is 0 Å². The molecule has 32 heavy (non-hydrogen) atoms. The molecule has 0 atom stereocenters. The highest BCUT2D eigenvalue weighted by Crippen LogP contribution is 2.39. The van der Waals surface area contributed by atoms with Crippen LogP contribution in [0.4, 0.5) is 0 Å². The number of carbonyl (C=O) groups is 1. The molecule has 1 aromatic carbocycles. The molecule has 1 heterocycles. The van der Waals surface area contributed by atoms with Crippen molar-refractivity contribution in [2.75, 3.05) is 40.0 Å². The van der Waals surface area contributed by atoms with Gasteiger partial charge in [-0.15, -0.1) is 0 Å². The summed E-state index contributed by atoms with van der Waals surface area (Å²) >= 11 is 0. The van der Waals surface area contributed by atoms with Crippen LogP contribution >= 0.6 is 0 Å². The van der Waals surface area contributed by atoms with Gasteiger partial charge in [0.2, 0.25) is 5.75 Å². The molecule has 0 unspecified atom stereocenters. The average molecular weight is 447 g/mol. The third kappa shape index (κ3) is 5.89. The minimum atomic E-state index is 0.0138. The normalized spacial score (nSPS) is 22.4. The van der Waals surface area contributed by atoms with Gasteiger partial charge in [0.15, 0.2) is 11.5 Å². The van der Waals surface area contributed by atoms with Crippen LogP contribution in [0.15, 0.2) is 12.1 Å². The van der Waals surface area contributed by atoms with Crippen molar-refractivity contribution in [3.8, 4) is 17.2 Å². The Kier molecular flexibility index (Phi) is 9.09. The molecular weight excluding hydrogens is 404 g/mol. The molecule has 0 aromatic heterocycles. The second kappa shape index (κ2) is 11.8. The van der Waals surface area contributed by atoms with Crippen molar-refractivity contribution in [1.29, 1.82) is 0 Å². The summed E-state index contributed by atoms with van der Waals surface area (Å²) in [7, 11) is 1.93. The van der Waals surface area contributed by atoms with E-state index in [1.165, 1.54) is 25.7 Å². The van der Waals surface area contributed by atoms with Crippen LogP contribution in [0, 0.1) is 5.92 Å². The monoisotopic (exact) mass is 446 g/mol. The van der Waals surface area contributed by atoms with Crippen LogP contribution in [0.25, 0.3) is 0 Å². The Labute approximate surface area is 194 Å². The van der Waals surface area contributed by atoms with Crippen LogP contribution in [-0.4, -0.2) is 67.7 Å². The van der Waals surface area contributed by atoms with Gasteiger partial charge in [-0.3, -0.25) is 4.79 Å². The molecule has 2 aliphatic rings. The molecule has 6 heteroatoms.